The van der Waals surface area contributed by atoms with Crippen LogP contribution < -0.4 is 15.2 Å². The molecule has 3 atom stereocenters. The number of rotatable bonds is 13. The molecule has 3 rings (SSSR count). The van der Waals surface area contributed by atoms with Crippen LogP contribution in [0.1, 0.15) is 56.3 Å². The molecule has 2 aromatic carbocycles. The fourth-order valence-corrected chi connectivity index (χ4v) is 4.43. The van der Waals surface area contributed by atoms with E-state index in [0.717, 1.165) is 56.5 Å². The second-order valence-electron chi connectivity index (χ2n) is 8.80. The molecule has 1 aliphatic heterocycles. The third-order valence-electron chi connectivity index (χ3n) is 6.41. The highest BCUT2D eigenvalue weighted by molar-refractivity contribution is 5.85. The number of ketones is 1. The summed E-state index contributed by atoms with van der Waals surface area (Å²) in [6.07, 6.45) is 4.75. The van der Waals surface area contributed by atoms with Crippen LogP contribution in [0.2, 0.25) is 0 Å². The maximum Gasteiger partial charge on any atom is 0.155 e. The van der Waals surface area contributed by atoms with Crippen LogP contribution in [-0.2, 0) is 11.2 Å². The van der Waals surface area contributed by atoms with E-state index in [2.05, 4.69) is 24.0 Å². The number of likely N-dealkylation sites (tertiary alicyclic amines) is 1. The summed E-state index contributed by atoms with van der Waals surface area (Å²) in [5, 5.41) is 11.0. The van der Waals surface area contributed by atoms with Gasteiger partial charge in [-0.05, 0) is 74.2 Å². The van der Waals surface area contributed by atoms with Gasteiger partial charge in [-0.2, -0.15) is 0 Å². The predicted molar refractivity (Wildman–Crippen MR) is 131 cm³/mol. The first-order valence-electron chi connectivity index (χ1n) is 12.1. The molecule has 1 unspecified atom stereocenters. The molecule has 0 aliphatic carbocycles. The van der Waals surface area contributed by atoms with E-state index >= 15 is 0 Å². The van der Waals surface area contributed by atoms with Crippen molar-refractivity contribution in [3.63, 3.8) is 0 Å². The number of carbonyl (C=O) groups excluding carboxylic acids is 1. The van der Waals surface area contributed by atoms with E-state index in [0.29, 0.717) is 5.75 Å². The lowest BCUT2D eigenvalue weighted by atomic mass is 9.91. The number of hydrogen-bond acceptors (Lipinski definition) is 6. The molecule has 1 fully saturated rings. The molecule has 0 bridgehead atoms. The van der Waals surface area contributed by atoms with Crippen molar-refractivity contribution in [2.45, 2.75) is 63.6 Å². The van der Waals surface area contributed by atoms with Crippen LogP contribution in [-0.4, -0.2) is 54.7 Å². The lowest BCUT2D eigenvalue weighted by Crippen LogP contribution is -2.54. The van der Waals surface area contributed by atoms with Gasteiger partial charge in [0, 0.05) is 6.42 Å². The van der Waals surface area contributed by atoms with Gasteiger partial charge in [-0.15, -0.1) is 0 Å². The molecular formula is C27H38N2O4. The van der Waals surface area contributed by atoms with Gasteiger partial charge in [0.15, 0.2) is 5.78 Å². The van der Waals surface area contributed by atoms with E-state index < -0.39 is 18.2 Å². The molecule has 0 saturated carbocycles. The minimum atomic E-state index is -0.901. The number of aryl methyl sites for hydroxylation is 1. The van der Waals surface area contributed by atoms with E-state index in [4.69, 9.17) is 15.2 Å². The fourth-order valence-electron chi connectivity index (χ4n) is 4.43. The molecule has 0 radical (unpaired) electrons. The number of nitrogens with zero attached hydrogens (tertiary/aromatic N) is 1. The average molecular weight is 455 g/mol. The summed E-state index contributed by atoms with van der Waals surface area (Å²) in [4.78, 5) is 15.4. The molecule has 1 heterocycles. The van der Waals surface area contributed by atoms with E-state index in [1.807, 2.05) is 36.4 Å². The Kier molecular flexibility index (Phi) is 9.73. The molecule has 0 amide bonds. The topological polar surface area (TPSA) is 85.0 Å². The lowest BCUT2D eigenvalue weighted by molar-refractivity contribution is -0.126. The summed E-state index contributed by atoms with van der Waals surface area (Å²) < 4.78 is 10.9. The SMILES string of the molecule is CCCCc1ccc([C@@H](O)[C@H](N)C(C(=O)CCOc2ccc(OC)cc2)N2CCCC2)cc1. The number of Topliss-reactive ketones (excluding diaryl/α,β-unsaturated/α-hetero) is 1. The van der Waals surface area contributed by atoms with Crippen LogP contribution in [0, 0.1) is 0 Å². The van der Waals surface area contributed by atoms with Gasteiger partial charge in [-0.1, -0.05) is 37.6 Å². The van der Waals surface area contributed by atoms with Crippen molar-refractivity contribution in [3.05, 3.63) is 59.7 Å². The van der Waals surface area contributed by atoms with E-state index in [9.17, 15) is 9.90 Å². The van der Waals surface area contributed by atoms with Crippen LogP contribution in [0.15, 0.2) is 48.5 Å². The Morgan fingerprint density at radius 2 is 1.70 bits per heavy atom. The van der Waals surface area contributed by atoms with Gasteiger partial charge in [-0.3, -0.25) is 9.69 Å². The summed E-state index contributed by atoms with van der Waals surface area (Å²) >= 11 is 0. The van der Waals surface area contributed by atoms with Crippen molar-refractivity contribution < 1.29 is 19.4 Å². The van der Waals surface area contributed by atoms with Gasteiger partial charge in [0.25, 0.3) is 0 Å². The number of aliphatic hydroxyl groups is 1. The first-order chi connectivity index (χ1) is 16.0. The first-order valence-corrected chi connectivity index (χ1v) is 12.1. The maximum absolute atomic E-state index is 13.2. The van der Waals surface area contributed by atoms with Crippen LogP contribution in [0.4, 0.5) is 0 Å². The Morgan fingerprint density at radius 1 is 1.06 bits per heavy atom. The molecule has 0 aromatic heterocycles. The zero-order valence-electron chi connectivity index (χ0n) is 19.9. The third kappa shape index (κ3) is 7.03. The minimum Gasteiger partial charge on any atom is -0.497 e. The first kappa shape index (κ1) is 25.2. The minimum absolute atomic E-state index is 0.0107. The Bertz CT molecular complexity index is 847. The summed E-state index contributed by atoms with van der Waals surface area (Å²) in [5.41, 5.74) is 8.55. The molecule has 6 nitrogen and oxygen atoms in total. The average Bonchev–Trinajstić information content (AvgIpc) is 3.37. The van der Waals surface area contributed by atoms with Crippen molar-refractivity contribution in [1.82, 2.24) is 4.90 Å². The van der Waals surface area contributed by atoms with Crippen molar-refractivity contribution in [2.75, 3.05) is 26.8 Å². The predicted octanol–water partition coefficient (Wildman–Crippen LogP) is 3.90. The Hall–Kier alpha value is -2.41. The highest BCUT2D eigenvalue weighted by Crippen LogP contribution is 2.25. The molecular weight excluding hydrogens is 416 g/mol. The number of carbonyl (C=O) groups is 1. The van der Waals surface area contributed by atoms with Gasteiger partial charge >= 0.3 is 0 Å². The number of benzene rings is 2. The van der Waals surface area contributed by atoms with Crippen molar-refractivity contribution in [1.29, 1.82) is 0 Å². The Balaban J connectivity index is 1.63. The molecule has 0 spiro atoms. The normalized spacial score (nSPS) is 16.8. The van der Waals surface area contributed by atoms with E-state index in [1.165, 1.54) is 5.56 Å². The molecule has 180 valence electrons. The van der Waals surface area contributed by atoms with Crippen LogP contribution in [0.3, 0.4) is 0 Å². The zero-order chi connectivity index (χ0) is 23.6. The second-order valence-corrected chi connectivity index (χ2v) is 8.80. The summed E-state index contributed by atoms with van der Waals surface area (Å²) in [5.74, 6) is 1.45. The number of methoxy groups -OCH3 is 1. The molecule has 2 aromatic rings. The van der Waals surface area contributed by atoms with Crippen molar-refractivity contribution in [2.24, 2.45) is 5.73 Å². The monoisotopic (exact) mass is 454 g/mol. The van der Waals surface area contributed by atoms with Crippen LogP contribution in [0.5, 0.6) is 11.5 Å². The van der Waals surface area contributed by atoms with Crippen LogP contribution >= 0.6 is 0 Å². The second kappa shape index (κ2) is 12.7. The highest BCUT2D eigenvalue weighted by Gasteiger charge is 2.36. The highest BCUT2D eigenvalue weighted by atomic mass is 16.5. The van der Waals surface area contributed by atoms with Crippen molar-refractivity contribution >= 4 is 5.78 Å². The summed E-state index contributed by atoms with van der Waals surface area (Å²) in [6.45, 7) is 4.09. The molecule has 6 heteroatoms. The largest absolute Gasteiger partial charge is 0.497 e. The fraction of sp³-hybridized carbons (Fsp3) is 0.519. The number of aliphatic hydroxyl groups excluding tert-OH is 1. The van der Waals surface area contributed by atoms with E-state index in [-0.39, 0.29) is 18.8 Å². The molecule has 1 saturated heterocycles. The lowest BCUT2D eigenvalue weighted by Gasteiger charge is -2.34. The molecule has 1 aliphatic rings. The quantitative estimate of drug-likeness (QED) is 0.477. The number of nitrogens with two attached hydrogens (primary N) is 1. The van der Waals surface area contributed by atoms with Crippen molar-refractivity contribution in [3.8, 4) is 11.5 Å². The third-order valence-corrected chi connectivity index (χ3v) is 6.41. The Morgan fingerprint density at radius 3 is 2.30 bits per heavy atom. The maximum atomic E-state index is 13.2. The smallest absolute Gasteiger partial charge is 0.155 e. The standard InChI is InChI=1S/C27H38N2O4/c1-3-4-7-20-8-10-21(11-9-20)27(31)25(28)26(29-17-5-6-18-29)24(30)16-19-33-23-14-12-22(32-2)13-15-23/h8-15,25-27,31H,3-7,16-19,28H2,1-2H3/t25-,26?,27-/m1/s1. The molecule has 33 heavy (non-hydrogen) atoms. The van der Waals surface area contributed by atoms with Gasteiger partial charge in [0.1, 0.15) is 11.5 Å². The number of ether oxygens (including phenoxy) is 2. The Labute approximate surface area is 197 Å². The molecule has 3 N–H and O–H groups in total. The van der Waals surface area contributed by atoms with Gasteiger partial charge < -0.3 is 20.3 Å². The summed E-state index contributed by atoms with van der Waals surface area (Å²) in [7, 11) is 1.62. The van der Waals surface area contributed by atoms with Gasteiger partial charge in [0.2, 0.25) is 0 Å². The number of unbranched alkanes of at least 4 members (excludes halogenated alkanes) is 1. The van der Waals surface area contributed by atoms with Gasteiger partial charge in [0.05, 0.1) is 31.9 Å². The van der Waals surface area contributed by atoms with E-state index in [1.54, 1.807) is 7.11 Å². The van der Waals surface area contributed by atoms with Crippen LogP contribution in [0.25, 0.3) is 0 Å². The summed E-state index contributed by atoms with van der Waals surface area (Å²) in [6, 6.07) is 14.0. The zero-order valence-corrected chi connectivity index (χ0v) is 19.9. The van der Waals surface area contributed by atoms with Gasteiger partial charge in [-0.25, -0.2) is 0 Å². The number of hydrogen-bond donors (Lipinski definition) is 2.